The van der Waals surface area contributed by atoms with Crippen molar-refractivity contribution < 1.29 is 14.3 Å². The number of hydrogen-bond donors (Lipinski definition) is 4. The molecule has 1 atom stereocenters. The molecule has 2 heterocycles. The zero-order chi connectivity index (χ0) is 24.9. The number of amides is 1. The van der Waals surface area contributed by atoms with Crippen molar-refractivity contribution in [3.63, 3.8) is 0 Å². The summed E-state index contributed by atoms with van der Waals surface area (Å²) in [4.78, 5) is 26.8. The SMILES string of the molecule is CC(C)(O)C1CC(CN2CCC(CC=N)(N=CC(C(N)=O)C(N)=Nc3ccnc(F)c3)CC2)C1. The van der Waals surface area contributed by atoms with E-state index in [-0.39, 0.29) is 11.5 Å². The molecule has 1 unspecified atom stereocenters. The maximum atomic E-state index is 13.3. The van der Waals surface area contributed by atoms with Crippen LogP contribution in [-0.2, 0) is 4.79 Å². The Labute approximate surface area is 200 Å². The van der Waals surface area contributed by atoms with Crippen LogP contribution in [0.15, 0.2) is 28.3 Å². The van der Waals surface area contributed by atoms with E-state index in [1.807, 2.05) is 13.8 Å². The van der Waals surface area contributed by atoms with E-state index in [1.54, 1.807) is 0 Å². The third-order valence-electron chi connectivity index (χ3n) is 7.11. The number of likely N-dealkylation sites (tertiary alicyclic amines) is 1. The van der Waals surface area contributed by atoms with Crippen LogP contribution < -0.4 is 11.5 Å². The minimum atomic E-state index is -1.04. The maximum Gasteiger partial charge on any atom is 0.233 e. The van der Waals surface area contributed by atoms with Gasteiger partial charge in [-0.1, -0.05) is 0 Å². The van der Waals surface area contributed by atoms with Crippen molar-refractivity contribution in [2.24, 2.45) is 39.2 Å². The van der Waals surface area contributed by atoms with Gasteiger partial charge in [-0.2, -0.15) is 4.39 Å². The number of primary amides is 1. The number of rotatable bonds is 10. The Morgan fingerprint density at radius 1 is 1.41 bits per heavy atom. The van der Waals surface area contributed by atoms with Gasteiger partial charge < -0.3 is 26.9 Å². The molecule has 10 heteroatoms. The van der Waals surface area contributed by atoms with Gasteiger partial charge in [0.1, 0.15) is 11.8 Å². The number of aliphatic imine (C=N–C) groups is 2. The standard InChI is InChI=1S/C24H36FN7O2/c1-23(2,34)17-11-16(12-17)15-32-9-5-24(4-7-26,6-10-32)30-14-19(22(28)33)21(27)31-18-3-8-29-20(25)13-18/h3,7-8,13-14,16-17,19,26,34H,4-6,9-12,15H2,1-2H3,(H2,28,33)(H2,27,29,31). The molecule has 2 fully saturated rings. The third-order valence-corrected chi connectivity index (χ3v) is 7.11. The highest BCUT2D eigenvalue weighted by atomic mass is 19.1. The zero-order valence-electron chi connectivity index (χ0n) is 20.0. The van der Waals surface area contributed by atoms with E-state index >= 15 is 0 Å². The smallest absolute Gasteiger partial charge is 0.233 e. The normalized spacial score (nSPS) is 24.5. The van der Waals surface area contributed by atoms with Crippen LogP contribution in [0.25, 0.3) is 0 Å². The van der Waals surface area contributed by atoms with Gasteiger partial charge in [-0.25, -0.2) is 9.98 Å². The molecule has 2 aliphatic rings. The fraction of sp³-hybridized carbons (Fsp3) is 0.625. The number of aromatic nitrogens is 1. The molecule has 34 heavy (non-hydrogen) atoms. The van der Waals surface area contributed by atoms with E-state index in [2.05, 4.69) is 14.9 Å². The Hall–Kier alpha value is -2.72. The first-order chi connectivity index (χ1) is 16.0. The predicted molar refractivity (Wildman–Crippen MR) is 131 cm³/mol. The summed E-state index contributed by atoms with van der Waals surface area (Å²) in [5.41, 5.74) is 10.7. The molecule has 6 N–H and O–H groups in total. The Bertz CT molecular complexity index is 929. The number of halogens is 1. The number of nitrogens with zero attached hydrogens (tertiary/aromatic N) is 4. The Morgan fingerprint density at radius 3 is 2.65 bits per heavy atom. The summed E-state index contributed by atoms with van der Waals surface area (Å²) in [7, 11) is 0. The second kappa shape index (κ2) is 10.7. The minimum Gasteiger partial charge on any atom is -0.390 e. The Morgan fingerprint density at radius 2 is 2.09 bits per heavy atom. The largest absolute Gasteiger partial charge is 0.390 e. The molecule has 186 valence electrons. The van der Waals surface area contributed by atoms with Crippen LogP contribution in [0.4, 0.5) is 10.1 Å². The highest BCUT2D eigenvalue weighted by Gasteiger charge is 2.40. The van der Waals surface area contributed by atoms with E-state index in [1.165, 1.54) is 24.7 Å². The molecular formula is C24H36FN7O2. The van der Waals surface area contributed by atoms with Crippen LogP contribution in [0.1, 0.15) is 46.0 Å². The highest BCUT2D eigenvalue weighted by Crippen LogP contribution is 2.41. The van der Waals surface area contributed by atoms with Crippen LogP contribution in [-0.4, -0.2) is 69.9 Å². The number of nitrogens with two attached hydrogens (primary N) is 2. The van der Waals surface area contributed by atoms with Crippen molar-refractivity contribution >= 4 is 29.9 Å². The lowest BCUT2D eigenvalue weighted by Gasteiger charge is -2.46. The van der Waals surface area contributed by atoms with Gasteiger partial charge in [-0.15, -0.1) is 0 Å². The number of hydrogen-bond acceptors (Lipinski definition) is 7. The summed E-state index contributed by atoms with van der Waals surface area (Å²) in [5, 5.41) is 17.8. The van der Waals surface area contributed by atoms with Crippen molar-refractivity contribution in [3.8, 4) is 0 Å². The molecule has 1 amide bonds. The van der Waals surface area contributed by atoms with Gasteiger partial charge in [-0.3, -0.25) is 9.79 Å². The van der Waals surface area contributed by atoms with Crippen molar-refractivity contribution in [3.05, 3.63) is 24.3 Å². The minimum absolute atomic E-state index is 0.0735. The van der Waals surface area contributed by atoms with E-state index in [0.717, 1.165) is 51.4 Å². The molecule has 0 spiro atoms. The number of aliphatic hydroxyl groups is 1. The van der Waals surface area contributed by atoms with Crippen LogP contribution >= 0.6 is 0 Å². The summed E-state index contributed by atoms with van der Waals surface area (Å²) in [6.45, 7) is 6.45. The van der Waals surface area contributed by atoms with E-state index < -0.39 is 28.9 Å². The van der Waals surface area contributed by atoms with E-state index in [4.69, 9.17) is 21.9 Å². The lowest BCUT2D eigenvalue weighted by atomic mass is 9.67. The van der Waals surface area contributed by atoms with Gasteiger partial charge in [0.05, 0.1) is 16.8 Å². The van der Waals surface area contributed by atoms with Gasteiger partial charge >= 0.3 is 0 Å². The summed E-state index contributed by atoms with van der Waals surface area (Å²) >= 11 is 0. The van der Waals surface area contributed by atoms with Crippen LogP contribution in [0.5, 0.6) is 0 Å². The Balaban J connectivity index is 1.63. The lowest BCUT2D eigenvalue weighted by molar-refractivity contribution is -0.118. The van der Waals surface area contributed by atoms with Gasteiger partial charge in [-0.05, 0) is 63.6 Å². The summed E-state index contributed by atoms with van der Waals surface area (Å²) in [5.74, 6) is -1.55. The van der Waals surface area contributed by atoms with Crippen molar-refractivity contribution in [1.29, 1.82) is 5.41 Å². The van der Waals surface area contributed by atoms with Crippen molar-refractivity contribution in [2.75, 3.05) is 19.6 Å². The molecule has 1 aliphatic heterocycles. The fourth-order valence-corrected chi connectivity index (χ4v) is 4.76. The van der Waals surface area contributed by atoms with E-state index in [0.29, 0.717) is 18.3 Å². The average Bonchev–Trinajstić information content (AvgIpc) is 2.71. The fourth-order valence-electron chi connectivity index (χ4n) is 4.76. The van der Waals surface area contributed by atoms with Gasteiger partial charge in [0, 0.05) is 44.5 Å². The number of amidine groups is 1. The molecule has 1 aliphatic carbocycles. The summed E-state index contributed by atoms with van der Waals surface area (Å²) < 4.78 is 13.3. The van der Waals surface area contributed by atoms with Crippen LogP contribution in [0, 0.1) is 29.1 Å². The van der Waals surface area contributed by atoms with Crippen LogP contribution in [0.3, 0.4) is 0 Å². The van der Waals surface area contributed by atoms with Crippen molar-refractivity contribution in [1.82, 2.24) is 9.88 Å². The molecule has 9 nitrogen and oxygen atoms in total. The van der Waals surface area contributed by atoms with E-state index in [9.17, 15) is 14.3 Å². The molecule has 1 saturated carbocycles. The predicted octanol–water partition coefficient (Wildman–Crippen LogP) is 2.05. The zero-order valence-corrected chi connectivity index (χ0v) is 20.0. The van der Waals surface area contributed by atoms with Crippen molar-refractivity contribution in [2.45, 2.75) is 57.1 Å². The first-order valence-corrected chi connectivity index (χ1v) is 11.8. The molecule has 1 aromatic heterocycles. The number of carbonyl (C=O) groups is 1. The lowest BCUT2D eigenvalue weighted by Crippen LogP contribution is -2.49. The number of pyridine rings is 1. The molecular weight excluding hydrogens is 437 g/mol. The number of carbonyl (C=O) groups excluding carboxylic acids is 1. The van der Waals surface area contributed by atoms with Gasteiger partial charge in [0.2, 0.25) is 11.9 Å². The second-order valence-corrected chi connectivity index (χ2v) is 10.2. The molecule has 1 aromatic rings. The average molecular weight is 474 g/mol. The van der Waals surface area contributed by atoms with Gasteiger partial charge in [0.25, 0.3) is 0 Å². The third kappa shape index (κ3) is 6.66. The van der Waals surface area contributed by atoms with Crippen LogP contribution in [0.2, 0.25) is 0 Å². The Kier molecular flexibility index (Phi) is 8.14. The first kappa shape index (κ1) is 25.9. The molecule has 1 saturated heterocycles. The second-order valence-electron chi connectivity index (χ2n) is 10.2. The quantitative estimate of drug-likeness (QED) is 0.233. The maximum absolute atomic E-state index is 13.3. The summed E-state index contributed by atoms with van der Waals surface area (Å²) in [6.07, 6.45) is 8.09. The van der Waals surface area contributed by atoms with Gasteiger partial charge in [0.15, 0.2) is 0 Å². The summed E-state index contributed by atoms with van der Waals surface area (Å²) in [6, 6.07) is 2.59. The molecule has 0 radical (unpaired) electrons. The highest BCUT2D eigenvalue weighted by molar-refractivity contribution is 6.14. The molecule has 3 rings (SSSR count). The monoisotopic (exact) mass is 473 g/mol. The molecule has 0 aromatic carbocycles. The number of piperidine rings is 1. The molecule has 0 bridgehead atoms. The first-order valence-electron chi connectivity index (χ1n) is 11.8. The number of nitrogens with one attached hydrogen (secondary N) is 1. The topological polar surface area (TPSA) is 154 Å².